The van der Waals surface area contributed by atoms with Crippen molar-refractivity contribution in [3.63, 3.8) is 0 Å². The number of piperidine rings is 1. The second-order valence-corrected chi connectivity index (χ2v) is 8.74. The highest BCUT2D eigenvalue weighted by molar-refractivity contribution is 7.89. The second-order valence-electron chi connectivity index (χ2n) is 6.20. The first-order valence-corrected chi connectivity index (χ1v) is 10.9. The molecular formula is C18H24N2O3S2. The number of nitrogens with zero attached hydrogens (tertiary/aromatic N) is 1. The summed E-state index contributed by atoms with van der Waals surface area (Å²) in [5, 5.41) is 4.16. The first-order chi connectivity index (χ1) is 12.1. The summed E-state index contributed by atoms with van der Waals surface area (Å²) in [7, 11) is -1.98. The molecule has 0 radical (unpaired) electrons. The van der Waals surface area contributed by atoms with Crippen molar-refractivity contribution in [2.45, 2.75) is 30.2 Å². The summed E-state index contributed by atoms with van der Waals surface area (Å²) in [5.74, 6) is 0.642. The third kappa shape index (κ3) is 4.61. The first-order valence-electron chi connectivity index (χ1n) is 8.50. The molecule has 136 valence electrons. The Kier molecular flexibility index (Phi) is 6.11. The van der Waals surface area contributed by atoms with Crippen molar-refractivity contribution < 1.29 is 13.2 Å². The zero-order valence-electron chi connectivity index (χ0n) is 14.3. The molecule has 0 saturated carbocycles. The molecule has 3 rings (SSSR count). The quantitative estimate of drug-likeness (QED) is 0.801. The molecule has 7 heteroatoms. The zero-order valence-corrected chi connectivity index (χ0v) is 16.0. The summed E-state index contributed by atoms with van der Waals surface area (Å²) in [6, 6.07) is 8.64. The van der Waals surface area contributed by atoms with Crippen molar-refractivity contribution in [3.05, 3.63) is 46.7 Å². The number of thiophene rings is 1. The molecule has 0 bridgehead atoms. The molecule has 1 unspecified atom stereocenters. The van der Waals surface area contributed by atoms with Crippen LogP contribution < -0.4 is 9.46 Å². The predicted molar refractivity (Wildman–Crippen MR) is 101 cm³/mol. The zero-order chi connectivity index (χ0) is 17.7. The van der Waals surface area contributed by atoms with Crippen LogP contribution in [-0.4, -0.2) is 40.1 Å². The van der Waals surface area contributed by atoms with Crippen molar-refractivity contribution >= 4 is 21.4 Å². The van der Waals surface area contributed by atoms with Gasteiger partial charge in [0.05, 0.1) is 12.0 Å². The van der Waals surface area contributed by atoms with Gasteiger partial charge in [0.2, 0.25) is 10.0 Å². The maximum atomic E-state index is 12.6. The van der Waals surface area contributed by atoms with Gasteiger partial charge in [-0.2, -0.15) is 11.3 Å². The Bertz CT molecular complexity index is 752. The van der Waals surface area contributed by atoms with Crippen molar-refractivity contribution in [2.24, 2.45) is 0 Å². The van der Waals surface area contributed by atoms with Crippen LogP contribution in [0.15, 0.2) is 46.0 Å². The molecule has 0 amide bonds. The number of hydrogen-bond acceptors (Lipinski definition) is 5. The van der Waals surface area contributed by atoms with E-state index in [1.54, 1.807) is 42.7 Å². The van der Waals surface area contributed by atoms with Crippen molar-refractivity contribution in [1.82, 2.24) is 9.62 Å². The van der Waals surface area contributed by atoms with E-state index in [1.807, 2.05) is 5.38 Å². The molecule has 2 aromatic rings. The molecule has 1 aromatic carbocycles. The average Bonchev–Trinajstić information content (AvgIpc) is 3.17. The van der Waals surface area contributed by atoms with Gasteiger partial charge in [0.1, 0.15) is 5.75 Å². The Hall–Kier alpha value is -1.41. The van der Waals surface area contributed by atoms with Crippen LogP contribution in [0.5, 0.6) is 5.75 Å². The number of ether oxygens (including phenoxy) is 1. The van der Waals surface area contributed by atoms with Crippen molar-refractivity contribution in [3.8, 4) is 5.75 Å². The number of rotatable bonds is 7. The Morgan fingerprint density at radius 2 is 1.88 bits per heavy atom. The van der Waals surface area contributed by atoms with Gasteiger partial charge >= 0.3 is 0 Å². The maximum Gasteiger partial charge on any atom is 0.240 e. The van der Waals surface area contributed by atoms with E-state index in [9.17, 15) is 8.42 Å². The van der Waals surface area contributed by atoms with Crippen LogP contribution >= 0.6 is 11.3 Å². The minimum absolute atomic E-state index is 0.0829. The van der Waals surface area contributed by atoms with E-state index in [1.165, 1.54) is 24.8 Å². The van der Waals surface area contributed by atoms with Crippen LogP contribution in [-0.2, 0) is 10.0 Å². The van der Waals surface area contributed by atoms with E-state index >= 15 is 0 Å². The molecule has 1 aliphatic heterocycles. The Morgan fingerprint density at radius 1 is 1.16 bits per heavy atom. The molecule has 1 N–H and O–H groups in total. The van der Waals surface area contributed by atoms with Gasteiger partial charge in [-0.25, -0.2) is 13.1 Å². The molecule has 1 saturated heterocycles. The summed E-state index contributed by atoms with van der Waals surface area (Å²) in [5.41, 5.74) is 1.18. The lowest BCUT2D eigenvalue weighted by Gasteiger charge is -2.34. The standard InChI is InChI=1S/C18H24N2O3S2/c1-23-16-5-7-17(8-6-16)25(21,22)19-13-18(15-9-12-24-14-15)20-10-3-2-4-11-20/h5-9,12,14,18-19H,2-4,10-11,13H2,1H3. The second kappa shape index (κ2) is 8.31. The highest BCUT2D eigenvalue weighted by Gasteiger charge is 2.25. The Morgan fingerprint density at radius 3 is 2.48 bits per heavy atom. The van der Waals surface area contributed by atoms with Crippen molar-refractivity contribution in [2.75, 3.05) is 26.7 Å². The van der Waals surface area contributed by atoms with Crippen LogP contribution in [0.2, 0.25) is 0 Å². The fraction of sp³-hybridized carbons (Fsp3) is 0.444. The van der Waals surface area contributed by atoms with E-state index < -0.39 is 10.0 Å². The van der Waals surface area contributed by atoms with Gasteiger partial charge in [0.15, 0.2) is 0 Å². The van der Waals surface area contributed by atoms with Crippen LogP contribution in [0.3, 0.4) is 0 Å². The van der Waals surface area contributed by atoms with Crippen LogP contribution in [0, 0.1) is 0 Å². The molecule has 5 nitrogen and oxygen atoms in total. The third-order valence-electron chi connectivity index (χ3n) is 4.60. The van der Waals surface area contributed by atoms with E-state index in [2.05, 4.69) is 21.1 Å². The van der Waals surface area contributed by atoms with E-state index in [0.29, 0.717) is 12.3 Å². The maximum absolute atomic E-state index is 12.6. The summed E-state index contributed by atoms with van der Waals surface area (Å²) >= 11 is 1.65. The normalized spacial score (nSPS) is 17.3. The number of methoxy groups -OCH3 is 1. The lowest BCUT2D eigenvalue weighted by Crippen LogP contribution is -2.40. The predicted octanol–water partition coefficient (Wildman–Crippen LogP) is 3.26. The van der Waals surface area contributed by atoms with Crippen LogP contribution in [0.1, 0.15) is 30.9 Å². The Balaban J connectivity index is 1.73. The molecule has 1 aliphatic rings. The van der Waals surface area contributed by atoms with E-state index in [-0.39, 0.29) is 10.9 Å². The molecule has 2 heterocycles. The number of hydrogen-bond donors (Lipinski definition) is 1. The average molecular weight is 381 g/mol. The molecule has 1 fully saturated rings. The van der Waals surface area contributed by atoms with Crippen molar-refractivity contribution in [1.29, 1.82) is 0 Å². The molecule has 0 spiro atoms. The fourth-order valence-electron chi connectivity index (χ4n) is 3.18. The molecule has 0 aliphatic carbocycles. The van der Waals surface area contributed by atoms with Gasteiger partial charge < -0.3 is 4.74 Å². The molecule has 1 atom stereocenters. The molecule has 1 aromatic heterocycles. The van der Waals surface area contributed by atoms with Gasteiger partial charge in [-0.05, 0) is 72.6 Å². The van der Waals surface area contributed by atoms with Gasteiger partial charge in [-0.15, -0.1) is 0 Å². The van der Waals surface area contributed by atoms with E-state index in [0.717, 1.165) is 13.1 Å². The van der Waals surface area contributed by atoms with Gasteiger partial charge in [0.25, 0.3) is 0 Å². The Labute approximate surface area is 153 Å². The summed E-state index contributed by atoms with van der Waals surface area (Å²) in [6.07, 6.45) is 3.60. The van der Waals surface area contributed by atoms with Gasteiger partial charge in [-0.3, -0.25) is 4.90 Å². The number of sulfonamides is 1. The monoisotopic (exact) mass is 380 g/mol. The first kappa shape index (κ1) is 18.4. The summed E-state index contributed by atoms with van der Waals surface area (Å²) < 4.78 is 33.1. The fourth-order valence-corrected chi connectivity index (χ4v) is 4.92. The van der Waals surface area contributed by atoms with Gasteiger partial charge in [-0.1, -0.05) is 6.42 Å². The molecule has 25 heavy (non-hydrogen) atoms. The van der Waals surface area contributed by atoms with Crippen LogP contribution in [0.4, 0.5) is 0 Å². The molecular weight excluding hydrogens is 356 g/mol. The summed E-state index contributed by atoms with van der Waals surface area (Å²) in [4.78, 5) is 2.65. The lowest BCUT2D eigenvalue weighted by atomic mass is 10.0. The van der Waals surface area contributed by atoms with Crippen LogP contribution in [0.25, 0.3) is 0 Å². The number of benzene rings is 1. The topological polar surface area (TPSA) is 58.6 Å². The minimum atomic E-state index is -3.54. The smallest absolute Gasteiger partial charge is 0.240 e. The van der Waals surface area contributed by atoms with Gasteiger partial charge in [0, 0.05) is 12.6 Å². The van der Waals surface area contributed by atoms with E-state index in [4.69, 9.17) is 4.74 Å². The SMILES string of the molecule is COc1ccc(S(=O)(=O)NCC(c2ccsc2)N2CCCCC2)cc1. The third-order valence-corrected chi connectivity index (χ3v) is 6.74. The summed E-state index contributed by atoms with van der Waals surface area (Å²) in [6.45, 7) is 2.42. The minimum Gasteiger partial charge on any atom is -0.497 e. The number of likely N-dealkylation sites (tertiary alicyclic amines) is 1. The largest absolute Gasteiger partial charge is 0.497 e. The number of nitrogens with one attached hydrogen (secondary N) is 1. The lowest BCUT2D eigenvalue weighted by molar-refractivity contribution is 0.165. The highest BCUT2D eigenvalue weighted by Crippen LogP contribution is 2.26. The highest BCUT2D eigenvalue weighted by atomic mass is 32.2.